The summed E-state index contributed by atoms with van der Waals surface area (Å²) in [6, 6.07) is 13.1. The van der Waals surface area contributed by atoms with Gasteiger partial charge in [-0.3, -0.25) is 4.72 Å². The van der Waals surface area contributed by atoms with E-state index in [1.807, 2.05) is 43.3 Å². The lowest BCUT2D eigenvalue weighted by Crippen LogP contribution is -2.17. The first-order valence-electron chi connectivity index (χ1n) is 7.34. The van der Waals surface area contributed by atoms with E-state index in [1.54, 1.807) is 6.07 Å². The Morgan fingerprint density at radius 3 is 2.82 bits per heavy atom. The third kappa shape index (κ3) is 3.42. The standard InChI is InChI=1S/C17H19NO3S/c1-13-5-2-6-14(11-13)12-22(19,20)18-16-9-3-7-15-8-4-10-21-17(15)16/h2-3,5-7,9,11,18H,4,8,10,12H2,1H3. The molecule has 116 valence electrons. The molecule has 0 unspecified atom stereocenters. The maximum absolute atomic E-state index is 12.4. The number of hydrogen-bond donors (Lipinski definition) is 1. The minimum atomic E-state index is -3.47. The molecule has 4 nitrogen and oxygen atoms in total. The Kier molecular flexibility index (Phi) is 4.07. The molecule has 5 heteroatoms. The fraction of sp³-hybridized carbons (Fsp3) is 0.294. The fourth-order valence-corrected chi connectivity index (χ4v) is 3.88. The number of fused-ring (bicyclic) bond motifs is 1. The lowest BCUT2D eigenvalue weighted by atomic mass is 10.1. The third-order valence-electron chi connectivity index (χ3n) is 3.64. The van der Waals surface area contributed by atoms with Gasteiger partial charge in [0, 0.05) is 0 Å². The Bertz CT molecular complexity index is 784. The van der Waals surface area contributed by atoms with Crippen LogP contribution >= 0.6 is 0 Å². The van der Waals surface area contributed by atoms with Crippen molar-refractivity contribution in [1.29, 1.82) is 0 Å². The number of hydrogen-bond acceptors (Lipinski definition) is 3. The Morgan fingerprint density at radius 1 is 1.18 bits per heavy atom. The van der Waals surface area contributed by atoms with Crippen LogP contribution in [0.25, 0.3) is 0 Å². The maximum Gasteiger partial charge on any atom is 0.237 e. The van der Waals surface area contributed by atoms with Crippen LogP contribution in [0.1, 0.15) is 23.1 Å². The number of benzene rings is 2. The molecule has 0 bridgehead atoms. The SMILES string of the molecule is Cc1cccc(CS(=O)(=O)Nc2cccc3c2OCCC3)c1. The summed E-state index contributed by atoms with van der Waals surface area (Å²) in [6.07, 6.45) is 1.88. The highest BCUT2D eigenvalue weighted by Crippen LogP contribution is 2.33. The highest BCUT2D eigenvalue weighted by Gasteiger charge is 2.19. The van der Waals surface area contributed by atoms with E-state index in [-0.39, 0.29) is 5.75 Å². The highest BCUT2D eigenvalue weighted by atomic mass is 32.2. The number of aryl methyl sites for hydroxylation is 2. The van der Waals surface area contributed by atoms with E-state index in [2.05, 4.69) is 4.72 Å². The van der Waals surface area contributed by atoms with Crippen LogP contribution < -0.4 is 9.46 Å². The molecule has 1 aliphatic rings. The largest absolute Gasteiger partial charge is 0.491 e. The van der Waals surface area contributed by atoms with Gasteiger partial charge in [0.1, 0.15) is 5.75 Å². The second-order valence-corrected chi connectivity index (χ2v) is 7.32. The molecule has 0 atom stereocenters. The van der Waals surface area contributed by atoms with E-state index >= 15 is 0 Å². The molecule has 0 fully saturated rings. The first-order chi connectivity index (χ1) is 10.5. The zero-order valence-corrected chi connectivity index (χ0v) is 13.3. The van der Waals surface area contributed by atoms with Gasteiger partial charge in [0.05, 0.1) is 18.0 Å². The van der Waals surface area contributed by atoms with Crippen LogP contribution in [0.2, 0.25) is 0 Å². The Morgan fingerprint density at radius 2 is 2.00 bits per heavy atom. The molecule has 1 heterocycles. The van der Waals surface area contributed by atoms with Gasteiger partial charge in [-0.1, -0.05) is 42.0 Å². The topological polar surface area (TPSA) is 55.4 Å². The van der Waals surface area contributed by atoms with Crippen molar-refractivity contribution in [2.75, 3.05) is 11.3 Å². The van der Waals surface area contributed by atoms with Crippen molar-refractivity contribution in [3.63, 3.8) is 0 Å². The number of para-hydroxylation sites is 1. The quantitative estimate of drug-likeness (QED) is 0.941. The van der Waals surface area contributed by atoms with Gasteiger partial charge in [0.15, 0.2) is 0 Å². The molecule has 3 rings (SSSR count). The molecule has 0 aromatic heterocycles. The second kappa shape index (κ2) is 6.01. The van der Waals surface area contributed by atoms with Crippen LogP contribution in [0, 0.1) is 6.92 Å². The highest BCUT2D eigenvalue weighted by molar-refractivity contribution is 7.91. The van der Waals surface area contributed by atoms with Gasteiger partial charge in [-0.05, 0) is 37.0 Å². The molecular weight excluding hydrogens is 298 g/mol. The normalized spacial score (nSPS) is 14.0. The van der Waals surface area contributed by atoms with E-state index in [4.69, 9.17) is 4.74 Å². The average Bonchev–Trinajstić information content (AvgIpc) is 2.47. The van der Waals surface area contributed by atoms with E-state index in [9.17, 15) is 8.42 Å². The van der Waals surface area contributed by atoms with Gasteiger partial charge in [-0.15, -0.1) is 0 Å². The van der Waals surface area contributed by atoms with Gasteiger partial charge in [0.2, 0.25) is 10.0 Å². The smallest absolute Gasteiger partial charge is 0.237 e. The summed E-state index contributed by atoms with van der Waals surface area (Å²) in [5.74, 6) is 0.625. The van der Waals surface area contributed by atoms with E-state index in [1.165, 1.54) is 0 Å². The van der Waals surface area contributed by atoms with Gasteiger partial charge in [-0.2, -0.15) is 0 Å². The predicted molar refractivity (Wildman–Crippen MR) is 87.7 cm³/mol. The van der Waals surface area contributed by atoms with Crippen molar-refractivity contribution in [1.82, 2.24) is 0 Å². The lowest BCUT2D eigenvalue weighted by Gasteiger charge is -2.20. The van der Waals surface area contributed by atoms with E-state index < -0.39 is 10.0 Å². The maximum atomic E-state index is 12.4. The Labute approximate surface area is 131 Å². The third-order valence-corrected chi connectivity index (χ3v) is 4.88. The first-order valence-corrected chi connectivity index (χ1v) is 8.99. The second-order valence-electron chi connectivity index (χ2n) is 5.60. The minimum absolute atomic E-state index is 0.0433. The van der Waals surface area contributed by atoms with E-state index in [0.29, 0.717) is 18.0 Å². The summed E-state index contributed by atoms with van der Waals surface area (Å²) >= 11 is 0. The number of nitrogens with one attached hydrogen (secondary N) is 1. The van der Waals surface area contributed by atoms with Gasteiger partial charge in [0.25, 0.3) is 0 Å². The van der Waals surface area contributed by atoms with E-state index in [0.717, 1.165) is 29.5 Å². The predicted octanol–water partition coefficient (Wildman–Crippen LogP) is 3.26. The van der Waals surface area contributed by atoms with Crippen LogP contribution in [0.4, 0.5) is 5.69 Å². The summed E-state index contributed by atoms with van der Waals surface area (Å²) in [5.41, 5.74) is 3.41. The lowest BCUT2D eigenvalue weighted by molar-refractivity contribution is 0.290. The first kappa shape index (κ1) is 14.9. The monoisotopic (exact) mass is 317 g/mol. The van der Waals surface area contributed by atoms with Crippen LogP contribution in [-0.2, 0) is 22.2 Å². The zero-order valence-electron chi connectivity index (χ0n) is 12.5. The summed E-state index contributed by atoms with van der Waals surface area (Å²) in [5, 5.41) is 0. The summed E-state index contributed by atoms with van der Waals surface area (Å²) in [4.78, 5) is 0. The Balaban J connectivity index is 1.83. The van der Waals surface area contributed by atoms with Gasteiger partial charge in [-0.25, -0.2) is 8.42 Å². The van der Waals surface area contributed by atoms with Crippen molar-refractivity contribution in [3.8, 4) is 5.75 Å². The molecule has 0 saturated heterocycles. The average molecular weight is 317 g/mol. The van der Waals surface area contributed by atoms with Crippen molar-refractivity contribution >= 4 is 15.7 Å². The molecule has 0 aliphatic carbocycles. The van der Waals surface area contributed by atoms with Crippen molar-refractivity contribution < 1.29 is 13.2 Å². The molecular formula is C17H19NO3S. The van der Waals surface area contributed by atoms with Crippen LogP contribution in [0.3, 0.4) is 0 Å². The number of sulfonamides is 1. The van der Waals surface area contributed by atoms with Crippen molar-refractivity contribution in [2.24, 2.45) is 0 Å². The fourth-order valence-electron chi connectivity index (χ4n) is 2.69. The molecule has 22 heavy (non-hydrogen) atoms. The zero-order chi connectivity index (χ0) is 15.6. The molecule has 1 aliphatic heterocycles. The van der Waals surface area contributed by atoms with Gasteiger partial charge >= 0.3 is 0 Å². The van der Waals surface area contributed by atoms with Gasteiger partial charge < -0.3 is 4.74 Å². The van der Waals surface area contributed by atoms with Crippen molar-refractivity contribution in [3.05, 3.63) is 59.2 Å². The van der Waals surface area contributed by atoms with Crippen LogP contribution in [0.5, 0.6) is 5.75 Å². The number of anilines is 1. The summed E-state index contributed by atoms with van der Waals surface area (Å²) in [7, 11) is -3.47. The molecule has 1 N–H and O–H groups in total. The number of ether oxygens (including phenoxy) is 1. The van der Waals surface area contributed by atoms with Crippen LogP contribution in [0.15, 0.2) is 42.5 Å². The Hall–Kier alpha value is -2.01. The number of rotatable bonds is 4. The molecule has 0 saturated carbocycles. The summed E-state index contributed by atoms with van der Waals surface area (Å²) < 4.78 is 33.1. The molecule has 0 spiro atoms. The van der Waals surface area contributed by atoms with Crippen LogP contribution in [-0.4, -0.2) is 15.0 Å². The summed E-state index contributed by atoms with van der Waals surface area (Å²) in [6.45, 7) is 2.58. The molecule has 2 aromatic carbocycles. The van der Waals surface area contributed by atoms with Crippen molar-refractivity contribution in [2.45, 2.75) is 25.5 Å². The minimum Gasteiger partial charge on any atom is -0.491 e. The molecule has 0 amide bonds. The molecule has 0 radical (unpaired) electrons. The molecule has 2 aromatic rings.